The zero-order valence-electron chi connectivity index (χ0n) is 13.6. The molecule has 1 aliphatic rings. The molecule has 1 aromatic carbocycles. The van der Waals surface area contributed by atoms with E-state index in [2.05, 4.69) is 22.3 Å². The van der Waals surface area contributed by atoms with Gasteiger partial charge in [-0.2, -0.15) is 5.10 Å². The van der Waals surface area contributed by atoms with E-state index in [9.17, 15) is 5.11 Å². The number of hydrogen-bond acceptors (Lipinski definition) is 4. The van der Waals surface area contributed by atoms with Gasteiger partial charge in [-0.05, 0) is 29.7 Å². The van der Waals surface area contributed by atoms with Gasteiger partial charge >= 0.3 is 0 Å². The molecule has 1 aliphatic heterocycles. The summed E-state index contributed by atoms with van der Waals surface area (Å²) >= 11 is 0. The van der Waals surface area contributed by atoms with Crippen LogP contribution in [0.15, 0.2) is 48.2 Å². The molecular weight excluding hydrogens is 302 g/mol. The Morgan fingerprint density at radius 3 is 2.96 bits per heavy atom. The van der Waals surface area contributed by atoms with Gasteiger partial charge in [-0.1, -0.05) is 36.9 Å². The number of rotatable bonds is 6. The molecule has 0 aliphatic carbocycles. The molecule has 2 aromatic rings. The van der Waals surface area contributed by atoms with E-state index < -0.39 is 0 Å². The van der Waals surface area contributed by atoms with Crippen molar-refractivity contribution >= 4 is 12.0 Å². The van der Waals surface area contributed by atoms with Gasteiger partial charge in [0, 0.05) is 12.7 Å². The van der Waals surface area contributed by atoms with E-state index in [1.165, 1.54) is 17.5 Å². The van der Waals surface area contributed by atoms with Crippen molar-refractivity contribution in [2.45, 2.75) is 19.0 Å². The maximum absolute atomic E-state index is 9.77. The molecule has 24 heavy (non-hydrogen) atoms. The van der Waals surface area contributed by atoms with Gasteiger partial charge in [-0.15, -0.1) is 0 Å². The molecule has 0 radical (unpaired) electrons. The lowest BCUT2D eigenvalue weighted by Gasteiger charge is -2.22. The lowest BCUT2D eigenvalue weighted by Crippen LogP contribution is -2.26. The van der Waals surface area contributed by atoms with E-state index in [0.717, 1.165) is 36.5 Å². The first-order valence-corrected chi connectivity index (χ1v) is 8.04. The van der Waals surface area contributed by atoms with E-state index in [1.54, 1.807) is 4.68 Å². The second-order valence-electron chi connectivity index (χ2n) is 5.79. The Morgan fingerprint density at radius 2 is 2.25 bits per heavy atom. The molecule has 3 rings (SSSR count). The SMILES string of the molecule is C=C(N[C@H](CO)c1ccccc1)c1c2c(cn1/N=C\N)CNCC2. The molecule has 0 unspecified atom stereocenters. The van der Waals surface area contributed by atoms with E-state index in [4.69, 9.17) is 5.73 Å². The fraction of sp³-hybridized carbons (Fsp3) is 0.278. The summed E-state index contributed by atoms with van der Waals surface area (Å²) in [5.74, 6) is 0. The molecule has 1 aromatic heterocycles. The highest BCUT2D eigenvalue weighted by Crippen LogP contribution is 2.27. The molecule has 126 valence electrons. The average molecular weight is 325 g/mol. The van der Waals surface area contributed by atoms with Crippen molar-refractivity contribution in [2.24, 2.45) is 10.8 Å². The summed E-state index contributed by atoms with van der Waals surface area (Å²) in [5, 5.41) is 20.7. The van der Waals surface area contributed by atoms with Crippen LogP contribution in [0, 0.1) is 0 Å². The highest BCUT2D eigenvalue weighted by Gasteiger charge is 2.22. The number of nitrogens with zero attached hydrogens (tertiary/aromatic N) is 2. The van der Waals surface area contributed by atoms with Crippen LogP contribution in [-0.2, 0) is 13.0 Å². The number of aliphatic hydroxyl groups excluding tert-OH is 1. The molecule has 0 saturated carbocycles. The van der Waals surface area contributed by atoms with E-state index >= 15 is 0 Å². The molecule has 6 nitrogen and oxygen atoms in total. The molecule has 0 spiro atoms. The summed E-state index contributed by atoms with van der Waals surface area (Å²) in [5.41, 5.74) is 10.6. The van der Waals surface area contributed by atoms with E-state index in [-0.39, 0.29) is 12.6 Å². The summed E-state index contributed by atoms with van der Waals surface area (Å²) in [6.45, 7) is 5.90. The molecule has 1 atom stereocenters. The van der Waals surface area contributed by atoms with Crippen LogP contribution >= 0.6 is 0 Å². The first kappa shape index (κ1) is 16.3. The van der Waals surface area contributed by atoms with Crippen molar-refractivity contribution in [3.63, 3.8) is 0 Å². The number of hydrogen-bond donors (Lipinski definition) is 4. The predicted molar refractivity (Wildman–Crippen MR) is 96.4 cm³/mol. The average Bonchev–Trinajstić information content (AvgIpc) is 2.98. The van der Waals surface area contributed by atoms with Crippen LogP contribution in [0.4, 0.5) is 0 Å². The summed E-state index contributed by atoms with van der Waals surface area (Å²) in [6.07, 6.45) is 4.16. The lowest BCUT2D eigenvalue weighted by molar-refractivity contribution is 0.256. The smallest absolute Gasteiger partial charge is 0.107 e. The Hall–Kier alpha value is -2.57. The van der Waals surface area contributed by atoms with E-state index in [0.29, 0.717) is 0 Å². The lowest BCUT2D eigenvalue weighted by atomic mass is 10.0. The molecule has 6 heteroatoms. The number of aliphatic hydroxyl groups is 1. The Labute approximate surface area is 141 Å². The molecule has 0 fully saturated rings. The minimum Gasteiger partial charge on any atom is -0.394 e. The standard InChI is InChI=1S/C18H23N5O/c1-13(22-17(11-24)14-5-3-2-4-6-14)18-16-7-8-20-9-15(16)10-23(18)21-12-19/h2-6,10,12,17,20,22,24H,1,7-9,11H2,(H2,19,21)/t17-/m1/s1. The second kappa shape index (κ2) is 7.33. The van der Waals surface area contributed by atoms with Crippen LogP contribution in [0.3, 0.4) is 0 Å². The number of nitrogens with two attached hydrogens (primary N) is 1. The highest BCUT2D eigenvalue weighted by atomic mass is 16.3. The first-order valence-electron chi connectivity index (χ1n) is 8.04. The van der Waals surface area contributed by atoms with Crippen LogP contribution in [0.1, 0.15) is 28.4 Å². The number of fused-ring (bicyclic) bond motifs is 1. The third kappa shape index (κ3) is 3.20. The van der Waals surface area contributed by atoms with Gasteiger partial charge in [-0.3, -0.25) is 0 Å². The quantitative estimate of drug-likeness (QED) is 0.474. The molecule has 5 N–H and O–H groups in total. The molecule has 0 amide bonds. The maximum atomic E-state index is 9.77. The van der Waals surface area contributed by atoms with Crippen LogP contribution in [0.25, 0.3) is 5.70 Å². The molecular formula is C18H23N5O. The van der Waals surface area contributed by atoms with Gasteiger partial charge < -0.3 is 21.5 Å². The topological polar surface area (TPSA) is 87.6 Å². The third-order valence-electron chi connectivity index (χ3n) is 4.26. The fourth-order valence-corrected chi connectivity index (χ4v) is 3.13. The second-order valence-corrected chi connectivity index (χ2v) is 5.79. The molecule has 0 saturated heterocycles. The Morgan fingerprint density at radius 1 is 1.46 bits per heavy atom. The summed E-state index contributed by atoms with van der Waals surface area (Å²) < 4.78 is 1.76. The van der Waals surface area contributed by atoms with Gasteiger partial charge in [-0.25, -0.2) is 4.68 Å². The van der Waals surface area contributed by atoms with E-state index in [1.807, 2.05) is 36.5 Å². The van der Waals surface area contributed by atoms with Gasteiger partial charge in [0.25, 0.3) is 0 Å². The van der Waals surface area contributed by atoms with Crippen LogP contribution in [0.2, 0.25) is 0 Å². The number of nitrogens with one attached hydrogen (secondary N) is 2. The monoisotopic (exact) mass is 325 g/mol. The maximum Gasteiger partial charge on any atom is 0.107 e. The van der Waals surface area contributed by atoms with Crippen molar-refractivity contribution in [2.75, 3.05) is 13.2 Å². The molecule has 2 heterocycles. The number of aromatic nitrogens is 1. The summed E-state index contributed by atoms with van der Waals surface area (Å²) in [6, 6.07) is 9.61. The Bertz CT molecular complexity index is 735. The van der Waals surface area contributed by atoms with Crippen LogP contribution in [-0.4, -0.2) is 29.3 Å². The largest absolute Gasteiger partial charge is 0.394 e. The van der Waals surface area contributed by atoms with Gasteiger partial charge in [0.2, 0.25) is 0 Å². The van der Waals surface area contributed by atoms with Crippen molar-refractivity contribution in [3.05, 3.63) is 65.5 Å². The van der Waals surface area contributed by atoms with Gasteiger partial charge in [0.15, 0.2) is 0 Å². The van der Waals surface area contributed by atoms with Crippen LogP contribution in [0.5, 0.6) is 0 Å². The van der Waals surface area contributed by atoms with Crippen molar-refractivity contribution < 1.29 is 5.11 Å². The minimum absolute atomic E-state index is 0.0202. The normalized spacial score (nSPS) is 15.2. The van der Waals surface area contributed by atoms with Gasteiger partial charge in [0.1, 0.15) is 6.34 Å². The first-order chi connectivity index (χ1) is 11.7. The Kier molecular flexibility index (Phi) is 4.98. The van der Waals surface area contributed by atoms with Crippen molar-refractivity contribution in [1.29, 1.82) is 0 Å². The third-order valence-corrected chi connectivity index (χ3v) is 4.26. The fourth-order valence-electron chi connectivity index (χ4n) is 3.13. The molecule has 0 bridgehead atoms. The zero-order chi connectivity index (χ0) is 16.9. The minimum atomic E-state index is -0.221. The zero-order valence-corrected chi connectivity index (χ0v) is 13.6. The highest BCUT2D eigenvalue weighted by molar-refractivity contribution is 5.66. The Balaban J connectivity index is 1.90. The van der Waals surface area contributed by atoms with Crippen LogP contribution < -0.4 is 16.4 Å². The number of benzene rings is 1. The predicted octanol–water partition coefficient (Wildman–Crippen LogP) is 1.18. The summed E-state index contributed by atoms with van der Waals surface area (Å²) in [7, 11) is 0. The van der Waals surface area contributed by atoms with Gasteiger partial charge in [0.05, 0.1) is 24.0 Å². The van der Waals surface area contributed by atoms with Crippen molar-refractivity contribution in [1.82, 2.24) is 15.3 Å². The van der Waals surface area contributed by atoms with Crippen molar-refractivity contribution in [3.8, 4) is 0 Å². The summed E-state index contributed by atoms with van der Waals surface area (Å²) in [4.78, 5) is 0.